The molecule has 1 aliphatic heterocycles. The van der Waals surface area contributed by atoms with Crippen LogP contribution < -0.4 is 0 Å². The molecule has 16 heavy (non-hydrogen) atoms. The molecule has 1 N–H and O–H groups in total. The number of hydrogen-bond donors (Lipinski definition) is 1. The normalized spacial score (nSPS) is 24.8. The molecule has 0 aromatic heterocycles. The molecule has 0 aliphatic carbocycles. The van der Waals surface area contributed by atoms with Crippen LogP contribution in [0.2, 0.25) is 0 Å². The van der Waals surface area contributed by atoms with Crippen LogP contribution in [0, 0.1) is 5.92 Å². The highest BCUT2D eigenvalue weighted by Gasteiger charge is 2.22. The predicted octanol–water partition coefficient (Wildman–Crippen LogP) is 2.36. The monoisotopic (exact) mass is 218 g/mol. The van der Waals surface area contributed by atoms with Crippen molar-refractivity contribution in [3.8, 4) is 0 Å². The number of piperidine rings is 1. The molecule has 1 heterocycles. The van der Waals surface area contributed by atoms with Crippen molar-refractivity contribution in [2.24, 2.45) is 11.1 Å². The van der Waals surface area contributed by atoms with Crippen molar-refractivity contribution in [3.63, 3.8) is 0 Å². The van der Waals surface area contributed by atoms with Gasteiger partial charge in [0.2, 0.25) is 0 Å². The maximum Gasteiger partial charge on any atom is 0.0624 e. The van der Waals surface area contributed by atoms with Gasteiger partial charge in [-0.25, -0.2) is 0 Å². The predicted molar refractivity (Wildman–Crippen MR) is 64.7 cm³/mol. The van der Waals surface area contributed by atoms with Gasteiger partial charge in [0, 0.05) is 32.0 Å². The Labute approximate surface area is 96.4 Å². The highest BCUT2D eigenvalue weighted by atomic mass is 16.4. The highest BCUT2D eigenvalue weighted by Crippen LogP contribution is 2.16. The molecule has 1 fully saturated rings. The molecule has 1 atom stereocenters. The second kappa shape index (κ2) is 5.12. The molecule has 3 nitrogen and oxygen atoms in total. The summed E-state index contributed by atoms with van der Waals surface area (Å²) in [5.74, 6) is 0.363. The van der Waals surface area contributed by atoms with Gasteiger partial charge in [-0.3, -0.25) is 4.90 Å². The summed E-state index contributed by atoms with van der Waals surface area (Å²) in [5, 5.41) is 12.2. The Balaban J connectivity index is 1.94. The van der Waals surface area contributed by atoms with Crippen LogP contribution >= 0.6 is 0 Å². The van der Waals surface area contributed by atoms with Gasteiger partial charge in [0.1, 0.15) is 0 Å². The Morgan fingerprint density at radius 3 is 2.75 bits per heavy atom. The SMILES string of the molecule is CC1CN(Cc2ccccc2)CC/C1=N\O. The standard InChI is InChI=1S/C13H18N2O/c1-11-9-15(8-7-13(11)14-16)10-12-5-3-2-4-6-12/h2-6,11,16H,7-10H2,1H3/b14-13+. The molecule has 86 valence electrons. The zero-order valence-electron chi connectivity index (χ0n) is 9.63. The molecule has 0 bridgehead atoms. The molecule has 3 heteroatoms. The molecule has 1 saturated heterocycles. The van der Waals surface area contributed by atoms with Crippen molar-refractivity contribution < 1.29 is 5.21 Å². The summed E-state index contributed by atoms with van der Waals surface area (Å²) < 4.78 is 0. The molecule has 0 amide bonds. The minimum atomic E-state index is 0.363. The van der Waals surface area contributed by atoms with E-state index in [2.05, 4.69) is 41.2 Å². The van der Waals surface area contributed by atoms with Crippen LogP contribution in [0.3, 0.4) is 0 Å². The van der Waals surface area contributed by atoms with E-state index in [1.54, 1.807) is 0 Å². The number of oxime groups is 1. The van der Waals surface area contributed by atoms with Gasteiger partial charge < -0.3 is 5.21 Å². The molecular weight excluding hydrogens is 200 g/mol. The molecule has 1 aliphatic rings. The third-order valence-electron chi connectivity index (χ3n) is 3.16. The van der Waals surface area contributed by atoms with E-state index in [0.717, 1.165) is 31.8 Å². The molecule has 1 unspecified atom stereocenters. The first kappa shape index (κ1) is 11.1. The maximum atomic E-state index is 8.81. The number of benzene rings is 1. The average Bonchev–Trinajstić information content (AvgIpc) is 2.31. The summed E-state index contributed by atoms with van der Waals surface area (Å²) in [7, 11) is 0. The number of rotatable bonds is 2. The Morgan fingerprint density at radius 1 is 1.38 bits per heavy atom. The lowest BCUT2D eigenvalue weighted by Crippen LogP contribution is -2.39. The summed E-state index contributed by atoms with van der Waals surface area (Å²) in [6.07, 6.45) is 0.879. The average molecular weight is 218 g/mol. The van der Waals surface area contributed by atoms with Crippen molar-refractivity contribution >= 4 is 5.71 Å². The van der Waals surface area contributed by atoms with Crippen molar-refractivity contribution in [2.45, 2.75) is 19.9 Å². The van der Waals surface area contributed by atoms with Crippen LogP contribution in [0.5, 0.6) is 0 Å². The van der Waals surface area contributed by atoms with Gasteiger partial charge in [0.15, 0.2) is 0 Å². The summed E-state index contributed by atoms with van der Waals surface area (Å²) >= 11 is 0. The smallest absolute Gasteiger partial charge is 0.0624 e. The Bertz CT molecular complexity index is 361. The minimum Gasteiger partial charge on any atom is -0.411 e. The van der Waals surface area contributed by atoms with Crippen molar-refractivity contribution in [1.82, 2.24) is 4.90 Å². The molecule has 0 spiro atoms. The first-order valence-electron chi connectivity index (χ1n) is 5.76. The lowest BCUT2D eigenvalue weighted by Gasteiger charge is -2.31. The Morgan fingerprint density at radius 2 is 2.12 bits per heavy atom. The molecule has 0 radical (unpaired) electrons. The van der Waals surface area contributed by atoms with Gasteiger partial charge in [0.05, 0.1) is 5.71 Å². The van der Waals surface area contributed by atoms with Gasteiger partial charge >= 0.3 is 0 Å². The first-order valence-corrected chi connectivity index (χ1v) is 5.76. The van der Waals surface area contributed by atoms with E-state index in [9.17, 15) is 0 Å². The lowest BCUT2D eigenvalue weighted by atomic mass is 9.97. The van der Waals surface area contributed by atoms with E-state index in [1.807, 2.05) is 6.07 Å². The molecule has 0 saturated carbocycles. The summed E-state index contributed by atoms with van der Waals surface area (Å²) in [4.78, 5) is 2.41. The summed E-state index contributed by atoms with van der Waals surface area (Å²) in [5.41, 5.74) is 2.28. The maximum absolute atomic E-state index is 8.81. The van der Waals surface area contributed by atoms with Crippen LogP contribution in [0.25, 0.3) is 0 Å². The van der Waals surface area contributed by atoms with E-state index in [0.29, 0.717) is 5.92 Å². The second-order valence-corrected chi connectivity index (χ2v) is 4.46. The number of likely N-dealkylation sites (tertiary alicyclic amines) is 1. The van der Waals surface area contributed by atoms with Crippen LogP contribution in [0.4, 0.5) is 0 Å². The van der Waals surface area contributed by atoms with Crippen molar-refractivity contribution in [3.05, 3.63) is 35.9 Å². The van der Waals surface area contributed by atoms with Gasteiger partial charge in [-0.15, -0.1) is 0 Å². The fourth-order valence-corrected chi connectivity index (χ4v) is 2.24. The molecular formula is C13H18N2O. The third-order valence-corrected chi connectivity index (χ3v) is 3.16. The van der Waals surface area contributed by atoms with E-state index in [4.69, 9.17) is 5.21 Å². The highest BCUT2D eigenvalue weighted by molar-refractivity contribution is 5.86. The van der Waals surface area contributed by atoms with E-state index >= 15 is 0 Å². The second-order valence-electron chi connectivity index (χ2n) is 4.46. The van der Waals surface area contributed by atoms with Gasteiger partial charge in [-0.05, 0) is 5.56 Å². The summed E-state index contributed by atoms with van der Waals surface area (Å²) in [6.45, 7) is 5.07. The van der Waals surface area contributed by atoms with E-state index < -0.39 is 0 Å². The molecule has 1 aromatic carbocycles. The van der Waals surface area contributed by atoms with Gasteiger partial charge in [-0.1, -0.05) is 42.4 Å². The van der Waals surface area contributed by atoms with Crippen LogP contribution in [-0.4, -0.2) is 28.9 Å². The van der Waals surface area contributed by atoms with Crippen molar-refractivity contribution in [1.29, 1.82) is 0 Å². The van der Waals surface area contributed by atoms with Crippen LogP contribution in [-0.2, 0) is 6.54 Å². The topological polar surface area (TPSA) is 35.8 Å². The summed E-state index contributed by atoms with van der Waals surface area (Å²) in [6, 6.07) is 10.5. The Hall–Kier alpha value is -1.35. The quantitative estimate of drug-likeness (QED) is 0.611. The zero-order chi connectivity index (χ0) is 11.4. The lowest BCUT2D eigenvalue weighted by molar-refractivity contribution is 0.228. The van der Waals surface area contributed by atoms with E-state index in [1.165, 1.54) is 5.56 Å². The Kier molecular flexibility index (Phi) is 3.57. The molecule has 1 aromatic rings. The first-order chi connectivity index (χ1) is 7.79. The van der Waals surface area contributed by atoms with Crippen molar-refractivity contribution in [2.75, 3.05) is 13.1 Å². The third kappa shape index (κ3) is 2.61. The van der Waals surface area contributed by atoms with Crippen LogP contribution in [0.15, 0.2) is 35.5 Å². The van der Waals surface area contributed by atoms with E-state index in [-0.39, 0.29) is 0 Å². The fraction of sp³-hybridized carbons (Fsp3) is 0.462. The fourth-order valence-electron chi connectivity index (χ4n) is 2.24. The van der Waals surface area contributed by atoms with Gasteiger partial charge in [-0.2, -0.15) is 0 Å². The zero-order valence-corrected chi connectivity index (χ0v) is 9.63. The molecule has 2 rings (SSSR count). The van der Waals surface area contributed by atoms with Gasteiger partial charge in [0.25, 0.3) is 0 Å². The number of nitrogens with zero attached hydrogens (tertiary/aromatic N) is 2. The largest absolute Gasteiger partial charge is 0.411 e. The van der Waals surface area contributed by atoms with Crippen LogP contribution in [0.1, 0.15) is 18.9 Å². The minimum absolute atomic E-state index is 0.363. The number of hydrogen-bond acceptors (Lipinski definition) is 3.